The third kappa shape index (κ3) is 4.40. The van der Waals surface area contributed by atoms with Crippen molar-refractivity contribution in [2.45, 2.75) is 136 Å². The molecule has 0 bridgehead atoms. The SMILES string of the molecule is CC(=O)OC(C)(C)[C@@H](C)CC[C@@H](C)C1CCC2C3C[C@@H](O)[C@@]4(O)C[C@@H](O)CC[C@]4(C)C3CC[C@@]21C. The molecule has 0 aromatic carbocycles. The highest BCUT2D eigenvalue weighted by Gasteiger charge is 2.67. The van der Waals surface area contributed by atoms with Crippen LogP contribution in [0.5, 0.6) is 0 Å². The lowest BCUT2D eigenvalue weighted by molar-refractivity contribution is -0.264. The molecule has 4 aliphatic rings. The average molecular weight is 493 g/mol. The molecule has 202 valence electrons. The van der Waals surface area contributed by atoms with Crippen LogP contribution in [0.1, 0.15) is 113 Å². The molecule has 5 nitrogen and oxygen atoms in total. The molecule has 0 amide bonds. The lowest BCUT2D eigenvalue weighted by Crippen LogP contribution is -2.68. The van der Waals surface area contributed by atoms with Gasteiger partial charge in [-0.15, -0.1) is 0 Å². The number of hydrogen-bond acceptors (Lipinski definition) is 5. The standard InChI is InChI=1S/C30H52O5/c1-18(8-9-19(2)27(4,5)35-20(3)31)23-10-11-24-22-16-26(33)30(34)17-21(32)12-15-29(30,7)25(22)13-14-28(23,24)6/h18-19,21-26,32-34H,8-17H2,1-7H3/t18-,19+,21+,22?,23?,24?,25?,26-,28-,29-,30+/m1/s1. The van der Waals surface area contributed by atoms with Crippen LogP contribution in [0.4, 0.5) is 0 Å². The Hall–Kier alpha value is -0.650. The summed E-state index contributed by atoms with van der Waals surface area (Å²) in [5, 5.41) is 33.2. The van der Waals surface area contributed by atoms with E-state index in [1.807, 2.05) is 13.8 Å². The van der Waals surface area contributed by atoms with Crippen LogP contribution < -0.4 is 0 Å². The Morgan fingerprint density at radius 2 is 1.71 bits per heavy atom. The summed E-state index contributed by atoms with van der Waals surface area (Å²) in [5.74, 6) is 2.89. The van der Waals surface area contributed by atoms with Crippen molar-refractivity contribution >= 4 is 5.97 Å². The molecule has 35 heavy (non-hydrogen) atoms. The summed E-state index contributed by atoms with van der Waals surface area (Å²) < 4.78 is 5.60. The smallest absolute Gasteiger partial charge is 0.303 e. The molecular formula is C30H52O5. The van der Waals surface area contributed by atoms with Crippen LogP contribution >= 0.6 is 0 Å². The second-order valence-electron chi connectivity index (χ2n) is 14.2. The van der Waals surface area contributed by atoms with Crippen molar-refractivity contribution in [1.82, 2.24) is 0 Å². The van der Waals surface area contributed by atoms with E-state index >= 15 is 0 Å². The average Bonchev–Trinajstić information content (AvgIpc) is 3.10. The molecule has 11 atom stereocenters. The van der Waals surface area contributed by atoms with Crippen molar-refractivity contribution in [3.63, 3.8) is 0 Å². The third-order valence-corrected chi connectivity index (χ3v) is 12.2. The molecule has 0 spiro atoms. The van der Waals surface area contributed by atoms with Crippen LogP contribution in [0, 0.1) is 46.3 Å². The fraction of sp³-hybridized carbons (Fsp3) is 0.967. The minimum atomic E-state index is -1.16. The van der Waals surface area contributed by atoms with Gasteiger partial charge in [0.05, 0.1) is 17.8 Å². The van der Waals surface area contributed by atoms with Crippen LogP contribution in [0.25, 0.3) is 0 Å². The normalized spacial score (nSPS) is 47.3. The summed E-state index contributed by atoms with van der Waals surface area (Å²) in [4.78, 5) is 11.5. The van der Waals surface area contributed by atoms with Gasteiger partial charge < -0.3 is 20.1 Å². The number of carbonyl (C=O) groups is 1. The van der Waals surface area contributed by atoms with Gasteiger partial charge in [0.2, 0.25) is 0 Å². The minimum absolute atomic E-state index is 0.208. The first-order chi connectivity index (χ1) is 16.2. The summed E-state index contributed by atoms with van der Waals surface area (Å²) in [7, 11) is 0. The monoisotopic (exact) mass is 492 g/mol. The maximum absolute atomic E-state index is 11.7. The number of aliphatic hydroxyl groups is 3. The third-order valence-electron chi connectivity index (χ3n) is 12.2. The van der Waals surface area contributed by atoms with Gasteiger partial charge >= 0.3 is 5.97 Å². The van der Waals surface area contributed by atoms with E-state index in [2.05, 4.69) is 27.7 Å². The maximum Gasteiger partial charge on any atom is 0.303 e. The molecule has 3 N–H and O–H groups in total. The van der Waals surface area contributed by atoms with Gasteiger partial charge in [-0.3, -0.25) is 4.79 Å². The number of aliphatic hydroxyl groups excluding tert-OH is 2. The Balaban J connectivity index is 1.46. The van der Waals surface area contributed by atoms with Crippen molar-refractivity contribution in [2.75, 3.05) is 0 Å². The van der Waals surface area contributed by atoms with Crippen molar-refractivity contribution in [2.24, 2.45) is 46.3 Å². The van der Waals surface area contributed by atoms with Gasteiger partial charge in [0.15, 0.2) is 0 Å². The highest BCUT2D eigenvalue weighted by atomic mass is 16.6. The fourth-order valence-corrected chi connectivity index (χ4v) is 9.77. The molecule has 4 rings (SSSR count). The Morgan fingerprint density at radius 3 is 2.37 bits per heavy atom. The number of carbonyl (C=O) groups excluding carboxylic acids is 1. The minimum Gasteiger partial charge on any atom is -0.460 e. The van der Waals surface area contributed by atoms with Crippen molar-refractivity contribution in [3.05, 3.63) is 0 Å². The summed E-state index contributed by atoms with van der Waals surface area (Å²) in [6.07, 6.45) is 8.29. The van der Waals surface area contributed by atoms with Crippen LogP contribution in [-0.4, -0.2) is 44.7 Å². The Kier molecular flexibility index (Phi) is 7.26. The second kappa shape index (κ2) is 9.27. The van der Waals surface area contributed by atoms with Gasteiger partial charge in [-0.1, -0.05) is 34.1 Å². The predicted molar refractivity (Wildman–Crippen MR) is 137 cm³/mol. The lowest BCUT2D eigenvalue weighted by Gasteiger charge is -2.65. The first kappa shape index (κ1) is 27.4. The van der Waals surface area contributed by atoms with E-state index in [-0.39, 0.29) is 16.8 Å². The zero-order valence-electron chi connectivity index (χ0n) is 23.3. The Morgan fingerprint density at radius 1 is 1.03 bits per heavy atom. The lowest BCUT2D eigenvalue weighted by atomic mass is 9.42. The van der Waals surface area contributed by atoms with E-state index in [0.717, 1.165) is 32.1 Å². The van der Waals surface area contributed by atoms with Crippen molar-refractivity contribution in [3.8, 4) is 0 Å². The quantitative estimate of drug-likeness (QED) is 0.427. The van der Waals surface area contributed by atoms with Gasteiger partial charge in [-0.25, -0.2) is 0 Å². The highest BCUT2D eigenvalue weighted by Crippen LogP contribution is 2.69. The zero-order chi connectivity index (χ0) is 26.0. The number of fused-ring (bicyclic) bond motifs is 5. The topological polar surface area (TPSA) is 87.0 Å². The molecule has 0 radical (unpaired) electrons. The number of rotatable bonds is 6. The largest absolute Gasteiger partial charge is 0.460 e. The molecule has 4 aliphatic carbocycles. The van der Waals surface area contributed by atoms with Gasteiger partial charge in [-0.2, -0.15) is 0 Å². The first-order valence-electron chi connectivity index (χ1n) is 14.4. The first-order valence-corrected chi connectivity index (χ1v) is 14.4. The summed E-state index contributed by atoms with van der Waals surface area (Å²) in [6, 6.07) is 0. The van der Waals surface area contributed by atoms with Crippen LogP contribution in [-0.2, 0) is 9.53 Å². The van der Waals surface area contributed by atoms with Gasteiger partial charge in [0.25, 0.3) is 0 Å². The highest BCUT2D eigenvalue weighted by molar-refractivity contribution is 5.66. The van der Waals surface area contributed by atoms with Gasteiger partial charge in [-0.05, 0) is 106 Å². The van der Waals surface area contributed by atoms with E-state index < -0.39 is 23.4 Å². The zero-order valence-corrected chi connectivity index (χ0v) is 23.3. The molecule has 5 heteroatoms. The molecule has 0 heterocycles. The second-order valence-corrected chi connectivity index (χ2v) is 14.2. The van der Waals surface area contributed by atoms with Crippen LogP contribution in [0.15, 0.2) is 0 Å². The molecule has 0 aromatic heterocycles. The number of ether oxygens (including phenoxy) is 1. The van der Waals surface area contributed by atoms with E-state index in [0.29, 0.717) is 48.3 Å². The molecule has 4 unspecified atom stereocenters. The van der Waals surface area contributed by atoms with Gasteiger partial charge in [0, 0.05) is 18.8 Å². The van der Waals surface area contributed by atoms with Crippen LogP contribution in [0.2, 0.25) is 0 Å². The summed E-state index contributed by atoms with van der Waals surface area (Å²) >= 11 is 0. The Bertz CT molecular complexity index is 796. The predicted octanol–water partition coefficient (Wildman–Crippen LogP) is 5.49. The maximum atomic E-state index is 11.7. The molecular weight excluding hydrogens is 440 g/mol. The number of esters is 1. The van der Waals surface area contributed by atoms with E-state index in [4.69, 9.17) is 4.74 Å². The molecule has 0 aromatic rings. The van der Waals surface area contributed by atoms with Crippen molar-refractivity contribution in [1.29, 1.82) is 0 Å². The molecule has 0 aliphatic heterocycles. The van der Waals surface area contributed by atoms with Crippen LogP contribution in [0.3, 0.4) is 0 Å². The van der Waals surface area contributed by atoms with E-state index in [9.17, 15) is 20.1 Å². The number of hydrogen-bond donors (Lipinski definition) is 3. The van der Waals surface area contributed by atoms with E-state index in [1.165, 1.54) is 26.2 Å². The summed E-state index contributed by atoms with van der Waals surface area (Å²) in [5.41, 5.74) is -1.62. The fourth-order valence-electron chi connectivity index (χ4n) is 9.77. The molecule has 0 saturated heterocycles. The molecule has 4 saturated carbocycles. The summed E-state index contributed by atoms with van der Waals surface area (Å²) in [6.45, 7) is 14.9. The van der Waals surface area contributed by atoms with E-state index in [1.54, 1.807) is 0 Å². The Labute approximate surface area is 213 Å². The molecule has 4 fully saturated rings. The van der Waals surface area contributed by atoms with Crippen molar-refractivity contribution < 1.29 is 24.9 Å². The van der Waals surface area contributed by atoms with Gasteiger partial charge in [0.1, 0.15) is 5.60 Å².